The maximum absolute atomic E-state index is 13.9. The largest absolute Gasteiger partial charge is 0.392 e. The van der Waals surface area contributed by atoms with Crippen LogP contribution in [0, 0.1) is 0 Å². The monoisotopic (exact) mass is 241 g/mol. The van der Waals surface area contributed by atoms with Gasteiger partial charge in [0.15, 0.2) is 0 Å². The summed E-state index contributed by atoms with van der Waals surface area (Å²) in [4.78, 5) is 1.64. The lowest BCUT2D eigenvalue weighted by molar-refractivity contribution is -0.0544. The molecule has 0 bridgehead atoms. The maximum atomic E-state index is 13.9. The highest BCUT2D eigenvalue weighted by atomic mass is 19.3. The van der Waals surface area contributed by atoms with Crippen LogP contribution in [0.3, 0.4) is 0 Å². The molecule has 0 saturated carbocycles. The fourth-order valence-electron chi connectivity index (χ4n) is 2.23. The van der Waals surface area contributed by atoms with E-state index in [9.17, 15) is 13.9 Å². The number of β-amino-alcohol motifs (C(OH)–C–C–N with tert-alkyl or cyclic N) is 1. The highest BCUT2D eigenvalue weighted by Crippen LogP contribution is 2.29. The van der Waals surface area contributed by atoms with Gasteiger partial charge in [-0.2, -0.15) is 8.78 Å². The Labute approximate surface area is 99.9 Å². The van der Waals surface area contributed by atoms with E-state index in [1.165, 1.54) is 12.1 Å². The van der Waals surface area contributed by atoms with E-state index in [4.69, 9.17) is 0 Å². The Morgan fingerprint density at radius 3 is 2.65 bits per heavy atom. The molecule has 1 heterocycles. The lowest BCUT2D eigenvalue weighted by Gasteiger charge is -2.32. The van der Waals surface area contributed by atoms with Gasteiger partial charge in [0, 0.05) is 12.1 Å². The number of nitrogens with zero attached hydrogens (tertiary/aromatic N) is 1. The number of alkyl halides is 2. The molecule has 1 aromatic rings. The first-order valence-electron chi connectivity index (χ1n) is 5.92. The Bertz CT molecular complexity index is 356. The van der Waals surface area contributed by atoms with Gasteiger partial charge < -0.3 is 5.11 Å². The number of rotatable bonds is 3. The van der Waals surface area contributed by atoms with E-state index in [-0.39, 0.29) is 12.1 Å². The first-order valence-corrected chi connectivity index (χ1v) is 5.92. The van der Waals surface area contributed by atoms with Crippen LogP contribution in [0.5, 0.6) is 0 Å². The van der Waals surface area contributed by atoms with Crippen molar-refractivity contribution in [1.82, 2.24) is 4.90 Å². The average Bonchev–Trinajstić information content (AvgIpc) is 2.29. The Morgan fingerprint density at radius 2 is 2.00 bits per heavy atom. The normalized spacial score (nSPS) is 22.6. The molecule has 0 unspecified atom stereocenters. The lowest BCUT2D eigenvalue weighted by Crippen LogP contribution is -2.43. The van der Waals surface area contributed by atoms with Gasteiger partial charge in [0.05, 0.1) is 12.6 Å². The Kier molecular flexibility index (Phi) is 3.74. The van der Waals surface area contributed by atoms with Crippen molar-refractivity contribution in [3.05, 3.63) is 35.9 Å². The summed E-state index contributed by atoms with van der Waals surface area (Å²) in [6.45, 7) is 0.677. The molecule has 2 rings (SSSR count). The first-order chi connectivity index (χ1) is 8.08. The number of hydrogen-bond acceptors (Lipinski definition) is 2. The van der Waals surface area contributed by atoms with E-state index in [2.05, 4.69) is 0 Å². The zero-order valence-corrected chi connectivity index (χ0v) is 9.65. The highest BCUT2D eigenvalue weighted by molar-refractivity contribution is 5.20. The molecular formula is C13H17F2NO. The van der Waals surface area contributed by atoms with Crippen LogP contribution in [0.2, 0.25) is 0 Å². The molecule has 0 aliphatic carbocycles. The number of aliphatic hydroxyl groups is 1. The predicted molar refractivity (Wildman–Crippen MR) is 62.0 cm³/mol. The molecule has 1 N–H and O–H groups in total. The van der Waals surface area contributed by atoms with Gasteiger partial charge in [0.25, 0.3) is 5.92 Å². The van der Waals surface area contributed by atoms with Crippen molar-refractivity contribution in [1.29, 1.82) is 0 Å². The fraction of sp³-hybridized carbons (Fsp3) is 0.538. The van der Waals surface area contributed by atoms with Crippen molar-refractivity contribution in [2.24, 2.45) is 0 Å². The molecule has 0 spiro atoms. The summed E-state index contributed by atoms with van der Waals surface area (Å²) < 4.78 is 27.9. The van der Waals surface area contributed by atoms with Crippen molar-refractivity contribution in [2.45, 2.75) is 24.9 Å². The second kappa shape index (κ2) is 5.10. The Hall–Kier alpha value is -1.00. The quantitative estimate of drug-likeness (QED) is 0.877. The summed E-state index contributed by atoms with van der Waals surface area (Å²) in [7, 11) is 0. The third kappa shape index (κ3) is 3.23. The molecule has 1 aliphatic rings. The third-order valence-electron chi connectivity index (χ3n) is 3.10. The molecule has 0 aromatic heterocycles. The summed E-state index contributed by atoms with van der Waals surface area (Å²) in [5.74, 6) is -2.85. The van der Waals surface area contributed by atoms with Crippen LogP contribution in [0.4, 0.5) is 8.78 Å². The second-order valence-corrected chi connectivity index (χ2v) is 4.60. The zero-order chi connectivity index (χ0) is 12.3. The predicted octanol–water partition coefficient (Wildman–Crippen LogP) is 2.24. The Morgan fingerprint density at radius 1 is 1.29 bits per heavy atom. The molecular weight excluding hydrogens is 224 g/mol. The van der Waals surface area contributed by atoms with Crippen LogP contribution in [0.25, 0.3) is 0 Å². The molecule has 1 aliphatic heterocycles. The number of benzene rings is 1. The lowest BCUT2D eigenvalue weighted by atomic mass is 10.0. The molecule has 4 heteroatoms. The minimum Gasteiger partial charge on any atom is -0.392 e. The van der Waals surface area contributed by atoms with Gasteiger partial charge >= 0.3 is 0 Å². The maximum Gasteiger partial charge on any atom is 0.285 e. The van der Waals surface area contributed by atoms with Gasteiger partial charge in [-0.15, -0.1) is 0 Å². The van der Waals surface area contributed by atoms with Crippen molar-refractivity contribution in [2.75, 3.05) is 19.6 Å². The van der Waals surface area contributed by atoms with Crippen LogP contribution in [-0.4, -0.2) is 35.7 Å². The number of aliphatic hydroxyl groups excluding tert-OH is 1. The minimum atomic E-state index is -2.85. The first kappa shape index (κ1) is 12.5. The average molecular weight is 241 g/mol. The molecule has 1 saturated heterocycles. The van der Waals surface area contributed by atoms with E-state index in [1.54, 1.807) is 23.1 Å². The number of piperidine rings is 1. The van der Waals surface area contributed by atoms with Gasteiger partial charge in [-0.25, -0.2) is 0 Å². The SMILES string of the molecule is O[C@H]1CCCN(CC(F)(F)c2ccccc2)C1. The summed E-state index contributed by atoms with van der Waals surface area (Å²) in [6.07, 6.45) is 1.04. The number of halogens is 2. The van der Waals surface area contributed by atoms with Crippen LogP contribution < -0.4 is 0 Å². The van der Waals surface area contributed by atoms with Crippen LogP contribution in [-0.2, 0) is 5.92 Å². The summed E-state index contributed by atoms with van der Waals surface area (Å²) in [5, 5.41) is 9.46. The van der Waals surface area contributed by atoms with Gasteiger partial charge in [-0.05, 0) is 19.4 Å². The zero-order valence-electron chi connectivity index (χ0n) is 9.65. The van der Waals surface area contributed by atoms with E-state index in [1.807, 2.05) is 0 Å². The summed E-state index contributed by atoms with van der Waals surface area (Å²) in [5.41, 5.74) is 0.0417. The smallest absolute Gasteiger partial charge is 0.285 e. The third-order valence-corrected chi connectivity index (χ3v) is 3.10. The van der Waals surface area contributed by atoms with Gasteiger partial charge in [-0.3, -0.25) is 4.90 Å². The Balaban J connectivity index is 2.01. The molecule has 2 nitrogen and oxygen atoms in total. The van der Waals surface area contributed by atoms with Crippen LogP contribution >= 0.6 is 0 Å². The van der Waals surface area contributed by atoms with Crippen LogP contribution in [0.15, 0.2) is 30.3 Å². The fourth-order valence-corrected chi connectivity index (χ4v) is 2.23. The molecule has 94 valence electrons. The van der Waals surface area contributed by atoms with Crippen molar-refractivity contribution in [3.8, 4) is 0 Å². The molecule has 0 radical (unpaired) electrons. The van der Waals surface area contributed by atoms with E-state index in [0.29, 0.717) is 19.5 Å². The molecule has 17 heavy (non-hydrogen) atoms. The standard InChI is InChI=1S/C13H17F2NO/c14-13(15,11-5-2-1-3-6-11)10-16-8-4-7-12(17)9-16/h1-3,5-6,12,17H,4,7-10H2/t12-/m0/s1. The van der Waals surface area contributed by atoms with E-state index in [0.717, 1.165) is 6.42 Å². The van der Waals surface area contributed by atoms with Gasteiger partial charge in [-0.1, -0.05) is 30.3 Å². The van der Waals surface area contributed by atoms with Gasteiger partial charge in [0.1, 0.15) is 0 Å². The molecule has 1 atom stereocenters. The summed E-state index contributed by atoms with van der Waals surface area (Å²) in [6, 6.07) is 7.85. The topological polar surface area (TPSA) is 23.5 Å². The number of hydrogen-bond donors (Lipinski definition) is 1. The summed E-state index contributed by atoms with van der Waals surface area (Å²) >= 11 is 0. The minimum absolute atomic E-state index is 0.0417. The highest BCUT2D eigenvalue weighted by Gasteiger charge is 2.35. The van der Waals surface area contributed by atoms with Crippen molar-refractivity contribution >= 4 is 0 Å². The van der Waals surface area contributed by atoms with Crippen molar-refractivity contribution in [3.63, 3.8) is 0 Å². The van der Waals surface area contributed by atoms with Crippen LogP contribution in [0.1, 0.15) is 18.4 Å². The van der Waals surface area contributed by atoms with E-state index >= 15 is 0 Å². The molecule has 0 amide bonds. The van der Waals surface area contributed by atoms with Crippen molar-refractivity contribution < 1.29 is 13.9 Å². The van der Waals surface area contributed by atoms with Gasteiger partial charge in [0.2, 0.25) is 0 Å². The van der Waals surface area contributed by atoms with E-state index < -0.39 is 12.0 Å². The second-order valence-electron chi connectivity index (χ2n) is 4.60. The molecule has 1 aromatic carbocycles. The number of likely N-dealkylation sites (tertiary alicyclic amines) is 1. The molecule has 1 fully saturated rings.